The molecule has 1 aromatic rings. The molecule has 0 aromatic heterocycles. The van der Waals surface area contributed by atoms with Crippen molar-refractivity contribution >= 4 is 0 Å². The van der Waals surface area contributed by atoms with E-state index in [1.165, 1.54) is 5.56 Å². The van der Waals surface area contributed by atoms with Crippen LogP contribution in [0.4, 0.5) is 0 Å². The largest absolute Gasteiger partial charge is 0.390 e. The number of nitrogens with zero attached hydrogens (tertiary/aromatic N) is 1. The maximum Gasteiger partial charge on any atom is 0.0603 e. The molecule has 20 heavy (non-hydrogen) atoms. The first-order valence-corrected chi connectivity index (χ1v) is 7.37. The molecular formula is C17H29NO2. The molecule has 0 atom stereocenters. The minimum Gasteiger partial charge on any atom is -0.390 e. The van der Waals surface area contributed by atoms with Gasteiger partial charge in [-0.3, -0.25) is 4.90 Å². The zero-order valence-corrected chi connectivity index (χ0v) is 13.3. The first kappa shape index (κ1) is 17.2. The lowest BCUT2D eigenvalue weighted by molar-refractivity contribution is 0.0396. The van der Waals surface area contributed by atoms with Crippen molar-refractivity contribution < 1.29 is 10.2 Å². The van der Waals surface area contributed by atoms with E-state index >= 15 is 0 Å². The lowest BCUT2D eigenvalue weighted by Crippen LogP contribution is -2.34. The molecule has 0 unspecified atom stereocenters. The van der Waals surface area contributed by atoms with Crippen LogP contribution in [0.15, 0.2) is 30.3 Å². The van der Waals surface area contributed by atoms with Gasteiger partial charge in [0.25, 0.3) is 0 Å². The lowest BCUT2D eigenvalue weighted by Gasteiger charge is -2.28. The molecular weight excluding hydrogens is 250 g/mol. The van der Waals surface area contributed by atoms with Crippen molar-refractivity contribution in [3.63, 3.8) is 0 Å². The summed E-state index contributed by atoms with van der Waals surface area (Å²) in [5.41, 5.74) is -0.0353. The van der Waals surface area contributed by atoms with E-state index < -0.39 is 11.2 Å². The second-order valence-electron chi connectivity index (χ2n) is 6.89. The Labute approximate surface area is 123 Å². The predicted octanol–water partition coefficient (Wildman–Crippen LogP) is 2.81. The Hall–Kier alpha value is -0.900. The summed E-state index contributed by atoms with van der Waals surface area (Å²) in [5, 5.41) is 19.8. The summed E-state index contributed by atoms with van der Waals surface area (Å²) in [6.45, 7) is 9.86. The Morgan fingerprint density at radius 2 is 1.30 bits per heavy atom. The van der Waals surface area contributed by atoms with Crippen molar-refractivity contribution in [2.45, 2.75) is 58.3 Å². The van der Waals surface area contributed by atoms with Crippen LogP contribution in [0, 0.1) is 0 Å². The van der Waals surface area contributed by atoms with E-state index in [2.05, 4.69) is 17.0 Å². The van der Waals surface area contributed by atoms with E-state index in [1.807, 2.05) is 45.9 Å². The van der Waals surface area contributed by atoms with Crippen LogP contribution in [0.3, 0.4) is 0 Å². The molecule has 0 saturated carbocycles. The van der Waals surface area contributed by atoms with Gasteiger partial charge >= 0.3 is 0 Å². The van der Waals surface area contributed by atoms with Gasteiger partial charge in [-0.1, -0.05) is 30.3 Å². The average Bonchev–Trinajstić information content (AvgIpc) is 2.32. The van der Waals surface area contributed by atoms with E-state index in [0.717, 1.165) is 32.5 Å². The normalized spacial score (nSPS) is 12.9. The first-order valence-electron chi connectivity index (χ1n) is 7.37. The van der Waals surface area contributed by atoms with Crippen molar-refractivity contribution in [1.82, 2.24) is 4.90 Å². The summed E-state index contributed by atoms with van der Waals surface area (Å²) in [6, 6.07) is 10.3. The van der Waals surface area contributed by atoms with E-state index in [1.54, 1.807) is 0 Å². The molecule has 1 rings (SSSR count). The Morgan fingerprint density at radius 3 is 1.70 bits per heavy atom. The standard InChI is InChI=1S/C17H29NO2/c1-16(2,19)10-12-18(13-11-17(3,4)20)14-15-8-6-5-7-9-15/h5-9,19-20H,10-14H2,1-4H3. The summed E-state index contributed by atoms with van der Waals surface area (Å²) in [5.74, 6) is 0. The van der Waals surface area contributed by atoms with Crippen LogP contribution >= 0.6 is 0 Å². The van der Waals surface area contributed by atoms with Gasteiger partial charge in [0, 0.05) is 19.6 Å². The highest BCUT2D eigenvalue weighted by Gasteiger charge is 2.18. The minimum absolute atomic E-state index is 0.649. The molecule has 0 aliphatic rings. The van der Waals surface area contributed by atoms with E-state index in [-0.39, 0.29) is 0 Å². The molecule has 2 N–H and O–H groups in total. The van der Waals surface area contributed by atoms with Gasteiger partial charge in [0.15, 0.2) is 0 Å². The Bertz CT molecular complexity index is 358. The van der Waals surface area contributed by atoms with E-state index in [0.29, 0.717) is 0 Å². The molecule has 0 bridgehead atoms. The van der Waals surface area contributed by atoms with Gasteiger partial charge in [-0.25, -0.2) is 0 Å². The fourth-order valence-corrected chi connectivity index (χ4v) is 1.97. The van der Waals surface area contributed by atoms with Gasteiger partial charge in [0.05, 0.1) is 11.2 Å². The van der Waals surface area contributed by atoms with Crippen molar-refractivity contribution in [3.8, 4) is 0 Å². The molecule has 0 fully saturated rings. The second-order valence-corrected chi connectivity index (χ2v) is 6.89. The van der Waals surface area contributed by atoms with E-state index in [4.69, 9.17) is 0 Å². The SMILES string of the molecule is CC(C)(O)CCN(CCC(C)(C)O)Cc1ccccc1. The van der Waals surface area contributed by atoms with Gasteiger partial charge in [0.2, 0.25) is 0 Å². The highest BCUT2D eigenvalue weighted by Crippen LogP contribution is 2.14. The van der Waals surface area contributed by atoms with Crippen LogP contribution < -0.4 is 0 Å². The fourth-order valence-electron chi connectivity index (χ4n) is 1.97. The zero-order chi connectivity index (χ0) is 15.2. The van der Waals surface area contributed by atoms with Gasteiger partial charge in [-0.2, -0.15) is 0 Å². The highest BCUT2D eigenvalue weighted by molar-refractivity contribution is 5.14. The van der Waals surface area contributed by atoms with Crippen LogP contribution in [0.25, 0.3) is 0 Å². The second kappa shape index (κ2) is 7.21. The summed E-state index contributed by atoms with van der Waals surface area (Å²) in [6.07, 6.45) is 1.46. The lowest BCUT2D eigenvalue weighted by atomic mass is 10.0. The number of rotatable bonds is 8. The summed E-state index contributed by atoms with van der Waals surface area (Å²) < 4.78 is 0. The summed E-state index contributed by atoms with van der Waals surface area (Å²) >= 11 is 0. The maximum absolute atomic E-state index is 9.88. The highest BCUT2D eigenvalue weighted by atomic mass is 16.3. The maximum atomic E-state index is 9.88. The molecule has 0 radical (unpaired) electrons. The molecule has 0 heterocycles. The third-order valence-electron chi connectivity index (χ3n) is 3.33. The van der Waals surface area contributed by atoms with Crippen molar-refractivity contribution in [2.24, 2.45) is 0 Å². The van der Waals surface area contributed by atoms with Gasteiger partial charge in [-0.15, -0.1) is 0 Å². The minimum atomic E-state index is -0.649. The molecule has 0 spiro atoms. The van der Waals surface area contributed by atoms with E-state index in [9.17, 15) is 10.2 Å². The third kappa shape index (κ3) is 8.31. The number of hydrogen-bond acceptors (Lipinski definition) is 3. The van der Waals surface area contributed by atoms with Crippen LogP contribution in [-0.2, 0) is 6.54 Å². The summed E-state index contributed by atoms with van der Waals surface area (Å²) in [7, 11) is 0. The molecule has 0 aliphatic heterocycles. The van der Waals surface area contributed by atoms with Crippen molar-refractivity contribution in [3.05, 3.63) is 35.9 Å². The summed E-state index contributed by atoms with van der Waals surface area (Å²) in [4.78, 5) is 2.30. The first-order chi connectivity index (χ1) is 9.16. The third-order valence-corrected chi connectivity index (χ3v) is 3.33. The number of aliphatic hydroxyl groups is 2. The topological polar surface area (TPSA) is 43.7 Å². The molecule has 114 valence electrons. The Balaban J connectivity index is 2.59. The van der Waals surface area contributed by atoms with Crippen LogP contribution in [0.5, 0.6) is 0 Å². The average molecular weight is 279 g/mol. The zero-order valence-electron chi connectivity index (χ0n) is 13.3. The van der Waals surface area contributed by atoms with Crippen LogP contribution in [0.1, 0.15) is 46.1 Å². The molecule has 0 aliphatic carbocycles. The number of hydrogen-bond donors (Lipinski definition) is 2. The van der Waals surface area contributed by atoms with Crippen molar-refractivity contribution in [2.75, 3.05) is 13.1 Å². The fraction of sp³-hybridized carbons (Fsp3) is 0.647. The van der Waals surface area contributed by atoms with Gasteiger partial charge < -0.3 is 10.2 Å². The predicted molar refractivity (Wildman–Crippen MR) is 83.5 cm³/mol. The molecule has 3 heteroatoms. The van der Waals surface area contributed by atoms with Crippen LogP contribution in [-0.4, -0.2) is 39.4 Å². The van der Waals surface area contributed by atoms with Crippen molar-refractivity contribution in [1.29, 1.82) is 0 Å². The Kier molecular flexibility index (Phi) is 6.18. The van der Waals surface area contributed by atoms with Gasteiger partial charge in [-0.05, 0) is 46.1 Å². The molecule has 1 aromatic carbocycles. The quantitative estimate of drug-likeness (QED) is 0.769. The molecule has 0 amide bonds. The molecule has 0 saturated heterocycles. The monoisotopic (exact) mass is 279 g/mol. The molecule has 3 nitrogen and oxygen atoms in total. The Morgan fingerprint density at radius 1 is 0.850 bits per heavy atom. The van der Waals surface area contributed by atoms with Gasteiger partial charge in [0.1, 0.15) is 0 Å². The van der Waals surface area contributed by atoms with Crippen LogP contribution in [0.2, 0.25) is 0 Å². The smallest absolute Gasteiger partial charge is 0.0603 e. The number of benzene rings is 1.